The minimum atomic E-state index is -4.24. The maximum atomic E-state index is 13.8. The lowest BCUT2D eigenvalue weighted by molar-refractivity contribution is -0.139. The van der Waals surface area contributed by atoms with Crippen LogP contribution in [0.5, 0.6) is 0 Å². The molecule has 3 rings (SSSR count). The van der Waals surface area contributed by atoms with E-state index in [1.807, 2.05) is 6.92 Å². The van der Waals surface area contributed by atoms with Crippen molar-refractivity contribution in [2.45, 2.75) is 31.3 Å². The normalized spacial score (nSPS) is 12.1. The number of likely N-dealkylation sites (N-methyl/N-ethyl adjacent to an activating group) is 1. The highest BCUT2D eigenvalue weighted by Crippen LogP contribution is 2.30. The van der Waals surface area contributed by atoms with Gasteiger partial charge in [0.25, 0.3) is 10.0 Å². The Kier molecular flexibility index (Phi) is 9.95. The summed E-state index contributed by atoms with van der Waals surface area (Å²) in [6, 6.07) is 14.4. The zero-order valence-electron chi connectivity index (χ0n) is 20.7. The van der Waals surface area contributed by atoms with Crippen molar-refractivity contribution in [3.63, 3.8) is 0 Å². The van der Waals surface area contributed by atoms with Gasteiger partial charge in [-0.15, -0.1) is 0 Å². The van der Waals surface area contributed by atoms with Crippen LogP contribution in [0.3, 0.4) is 0 Å². The van der Waals surface area contributed by atoms with Crippen molar-refractivity contribution in [3.05, 3.63) is 91.9 Å². The second kappa shape index (κ2) is 12.6. The van der Waals surface area contributed by atoms with Gasteiger partial charge in [-0.1, -0.05) is 70.2 Å². The third-order valence-electron chi connectivity index (χ3n) is 5.77. The number of aryl methyl sites for hydroxylation is 1. The molecule has 1 atom stereocenters. The predicted octanol–water partition coefficient (Wildman–Crippen LogP) is 5.97. The molecule has 0 aliphatic heterocycles. The highest BCUT2D eigenvalue weighted by atomic mass is 35.5. The third kappa shape index (κ3) is 7.12. The molecule has 202 valence electrons. The van der Waals surface area contributed by atoms with Crippen molar-refractivity contribution < 1.29 is 18.0 Å². The highest BCUT2D eigenvalue weighted by molar-refractivity contribution is 7.92. The number of benzene rings is 3. The van der Waals surface area contributed by atoms with Gasteiger partial charge < -0.3 is 10.2 Å². The summed E-state index contributed by atoms with van der Waals surface area (Å²) in [7, 11) is -2.79. The zero-order valence-corrected chi connectivity index (χ0v) is 24.6. The van der Waals surface area contributed by atoms with E-state index in [2.05, 4.69) is 5.32 Å². The van der Waals surface area contributed by atoms with Crippen LogP contribution in [0, 0.1) is 6.92 Å². The van der Waals surface area contributed by atoms with Crippen LogP contribution in [-0.4, -0.2) is 44.8 Å². The molecule has 0 aromatic heterocycles. The summed E-state index contributed by atoms with van der Waals surface area (Å²) in [5, 5.41) is 3.51. The smallest absolute Gasteiger partial charge is 0.264 e. The Morgan fingerprint density at radius 1 is 0.895 bits per heavy atom. The van der Waals surface area contributed by atoms with Gasteiger partial charge in [0.2, 0.25) is 11.8 Å². The fourth-order valence-corrected chi connectivity index (χ4v) is 5.91. The number of carbonyl (C=O) groups excluding carboxylic acids is 2. The predicted molar refractivity (Wildman–Crippen MR) is 153 cm³/mol. The molecule has 0 fully saturated rings. The number of rotatable bonds is 9. The van der Waals surface area contributed by atoms with Crippen molar-refractivity contribution in [3.8, 4) is 0 Å². The summed E-state index contributed by atoms with van der Waals surface area (Å²) in [5.74, 6) is -1.07. The fraction of sp³-hybridized carbons (Fsp3) is 0.231. The maximum absolute atomic E-state index is 13.8. The summed E-state index contributed by atoms with van der Waals surface area (Å²) in [5.41, 5.74) is 1.56. The number of nitrogens with zero attached hydrogens (tertiary/aromatic N) is 2. The van der Waals surface area contributed by atoms with Crippen LogP contribution >= 0.6 is 46.4 Å². The van der Waals surface area contributed by atoms with E-state index in [0.717, 1.165) is 9.87 Å². The van der Waals surface area contributed by atoms with E-state index in [4.69, 9.17) is 46.4 Å². The van der Waals surface area contributed by atoms with Crippen LogP contribution < -0.4 is 9.62 Å². The van der Waals surface area contributed by atoms with E-state index >= 15 is 0 Å². The number of anilines is 1. The maximum Gasteiger partial charge on any atom is 0.264 e. The van der Waals surface area contributed by atoms with E-state index < -0.39 is 34.4 Å². The van der Waals surface area contributed by atoms with Gasteiger partial charge in [0, 0.05) is 23.6 Å². The Hall–Kier alpha value is -2.49. The molecular weight excluding hydrogens is 592 g/mol. The van der Waals surface area contributed by atoms with Gasteiger partial charge in [-0.2, -0.15) is 0 Å². The van der Waals surface area contributed by atoms with Crippen molar-refractivity contribution in [2.24, 2.45) is 0 Å². The molecule has 0 saturated heterocycles. The molecular formula is C26H25Cl4N3O4S. The zero-order chi connectivity index (χ0) is 28.2. The van der Waals surface area contributed by atoms with Crippen molar-refractivity contribution in [1.29, 1.82) is 0 Å². The Bertz CT molecular complexity index is 1430. The second-order valence-electron chi connectivity index (χ2n) is 8.51. The Morgan fingerprint density at radius 3 is 2.05 bits per heavy atom. The molecule has 0 bridgehead atoms. The van der Waals surface area contributed by atoms with E-state index in [9.17, 15) is 18.0 Å². The van der Waals surface area contributed by atoms with Gasteiger partial charge >= 0.3 is 0 Å². The number of carbonyl (C=O) groups is 2. The molecule has 3 aromatic carbocycles. The quantitative estimate of drug-likeness (QED) is 0.321. The largest absolute Gasteiger partial charge is 0.357 e. The van der Waals surface area contributed by atoms with Crippen LogP contribution in [0.25, 0.3) is 0 Å². The fourth-order valence-electron chi connectivity index (χ4n) is 3.68. The molecule has 0 aliphatic carbocycles. The van der Waals surface area contributed by atoms with E-state index in [1.54, 1.807) is 37.3 Å². The highest BCUT2D eigenvalue weighted by Gasteiger charge is 2.32. The van der Waals surface area contributed by atoms with Crippen molar-refractivity contribution in [1.82, 2.24) is 10.2 Å². The molecule has 12 heteroatoms. The Labute approximate surface area is 242 Å². The summed E-state index contributed by atoms with van der Waals surface area (Å²) in [6.45, 7) is 2.72. The molecule has 3 aromatic rings. The number of halogens is 4. The molecule has 0 radical (unpaired) electrons. The lowest BCUT2D eigenvalue weighted by Gasteiger charge is -2.32. The third-order valence-corrected chi connectivity index (χ3v) is 8.74. The standard InChI is InChI=1S/C26H25Cl4N3O4S/c1-16-4-7-22(8-5-16)38(36,37)33(21-12-19(27)11-20(28)13-21)15-25(34)32(17(2)26(35)31-3)14-18-6-9-23(29)24(30)10-18/h4-13,17H,14-15H2,1-3H3,(H,31,35)/t17-/m1/s1. The molecule has 38 heavy (non-hydrogen) atoms. The summed E-state index contributed by atoms with van der Waals surface area (Å²) in [4.78, 5) is 27.5. The molecule has 0 saturated carbocycles. The van der Waals surface area contributed by atoms with Gasteiger partial charge in [-0.05, 0) is 61.9 Å². The number of hydrogen-bond donors (Lipinski definition) is 1. The first kappa shape index (κ1) is 30.1. The minimum Gasteiger partial charge on any atom is -0.357 e. The Morgan fingerprint density at radius 2 is 1.50 bits per heavy atom. The van der Waals surface area contributed by atoms with Gasteiger partial charge in [0.1, 0.15) is 12.6 Å². The number of amides is 2. The van der Waals surface area contributed by atoms with E-state index in [1.165, 1.54) is 42.3 Å². The first-order valence-corrected chi connectivity index (χ1v) is 14.3. The lowest BCUT2D eigenvalue weighted by atomic mass is 10.1. The minimum absolute atomic E-state index is 0.0256. The van der Waals surface area contributed by atoms with E-state index in [0.29, 0.717) is 10.6 Å². The van der Waals surface area contributed by atoms with Crippen molar-refractivity contribution >= 4 is 73.9 Å². The average Bonchev–Trinajstić information content (AvgIpc) is 2.86. The SMILES string of the molecule is CNC(=O)[C@@H](C)N(Cc1ccc(Cl)c(Cl)c1)C(=O)CN(c1cc(Cl)cc(Cl)c1)S(=O)(=O)c1ccc(C)cc1. The number of hydrogen-bond acceptors (Lipinski definition) is 4. The van der Waals surface area contributed by atoms with Crippen LogP contribution in [0.15, 0.2) is 65.6 Å². The topological polar surface area (TPSA) is 86.8 Å². The average molecular weight is 617 g/mol. The Balaban J connectivity index is 2.07. The molecule has 1 N–H and O–H groups in total. The van der Waals surface area contributed by atoms with E-state index in [-0.39, 0.29) is 32.2 Å². The van der Waals surface area contributed by atoms with Crippen LogP contribution in [0.1, 0.15) is 18.1 Å². The molecule has 0 spiro atoms. The summed E-state index contributed by atoms with van der Waals surface area (Å²) < 4.78 is 28.5. The van der Waals surface area contributed by atoms with Gasteiger partial charge in [-0.25, -0.2) is 8.42 Å². The van der Waals surface area contributed by atoms with Crippen LogP contribution in [0.2, 0.25) is 20.1 Å². The molecule has 0 heterocycles. The van der Waals surface area contributed by atoms with Crippen LogP contribution in [-0.2, 0) is 26.2 Å². The van der Waals surface area contributed by atoms with Gasteiger partial charge in [0.15, 0.2) is 0 Å². The summed E-state index contributed by atoms with van der Waals surface area (Å²) in [6.07, 6.45) is 0. The summed E-state index contributed by atoms with van der Waals surface area (Å²) >= 11 is 24.5. The van der Waals surface area contributed by atoms with Crippen LogP contribution in [0.4, 0.5) is 5.69 Å². The van der Waals surface area contributed by atoms with Gasteiger partial charge in [0.05, 0.1) is 20.6 Å². The molecule has 7 nitrogen and oxygen atoms in total. The van der Waals surface area contributed by atoms with Gasteiger partial charge in [-0.3, -0.25) is 13.9 Å². The molecule has 2 amide bonds. The first-order valence-electron chi connectivity index (χ1n) is 11.3. The molecule has 0 unspecified atom stereocenters. The molecule has 0 aliphatic rings. The monoisotopic (exact) mass is 615 g/mol. The number of nitrogens with one attached hydrogen (secondary N) is 1. The second-order valence-corrected chi connectivity index (χ2v) is 12.1. The van der Waals surface area contributed by atoms with Crippen molar-refractivity contribution in [2.75, 3.05) is 17.9 Å². The first-order chi connectivity index (χ1) is 17.8. The number of sulfonamides is 1. The lowest BCUT2D eigenvalue weighted by Crippen LogP contribution is -2.50.